The first-order valence-corrected chi connectivity index (χ1v) is 7.23. The van der Waals surface area contributed by atoms with Crippen LogP contribution in [0.25, 0.3) is 0 Å². The van der Waals surface area contributed by atoms with Crippen molar-refractivity contribution >= 4 is 45.0 Å². The van der Waals surface area contributed by atoms with Crippen LogP contribution in [0.1, 0.15) is 26.3 Å². The van der Waals surface area contributed by atoms with Gasteiger partial charge in [-0.2, -0.15) is 0 Å². The second-order valence-electron chi connectivity index (χ2n) is 4.43. The van der Waals surface area contributed by atoms with Crippen molar-refractivity contribution < 1.29 is 9.59 Å². The van der Waals surface area contributed by atoms with E-state index in [1.807, 2.05) is 13.0 Å². The molecule has 0 fully saturated rings. The number of nitrogens with two attached hydrogens (primary N) is 1. The molecule has 2 aromatic carbocycles. The number of carbonyl (C=O) groups is 2. The zero-order valence-corrected chi connectivity index (χ0v) is 13.5. The van der Waals surface area contributed by atoms with Gasteiger partial charge in [-0.15, -0.1) is 0 Å². The minimum atomic E-state index is -0.610. The molecule has 0 heterocycles. The topological polar surface area (TPSA) is 72.2 Å². The lowest BCUT2D eigenvalue weighted by molar-refractivity contribution is 0.0998. The molecular formula is C15H12BrClN2O2. The Morgan fingerprint density at radius 1 is 1.19 bits per heavy atom. The van der Waals surface area contributed by atoms with Crippen molar-refractivity contribution in [1.29, 1.82) is 0 Å². The zero-order chi connectivity index (χ0) is 15.6. The maximum atomic E-state index is 12.3. The van der Waals surface area contributed by atoms with Gasteiger partial charge in [0.1, 0.15) is 0 Å². The lowest BCUT2D eigenvalue weighted by atomic mass is 10.1. The molecule has 0 aliphatic carbocycles. The highest BCUT2D eigenvalue weighted by Gasteiger charge is 2.12. The summed E-state index contributed by atoms with van der Waals surface area (Å²) >= 11 is 9.34. The van der Waals surface area contributed by atoms with E-state index >= 15 is 0 Å². The number of amides is 2. The molecule has 0 radical (unpaired) electrons. The molecule has 0 saturated carbocycles. The van der Waals surface area contributed by atoms with Gasteiger partial charge in [0.2, 0.25) is 5.91 Å². The predicted molar refractivity (Wildman–Crippen MR) is 86.8 cm³/mol. The summed E-state index contributed by atoms with van der Waals surface area (Å²) in [5.74, 6) is -0.864. The van der Waals surface area contributed by atoms with Crippen molar-refractivity contribution in [3.63, 3.8) is 0 Å². The van der Waals surface area contributed by atoms with Crippen molar-refractivity contribution in [2.45, 2.75) is 6.92 Å². The van der Waals surface area contributed by atoms with Crippen molar-refractivity contribution in [3.8, 4) is 0 Å². The summed E-state index contributed by atoms with van der Waals surface area (Å²) in [6, 6.07) is 9.94. The lowest BCUT2D eigenvalue weighted by Gasteiger charge is -2.10. The number of anilines is 1. The van der Waals surface area contributed by atoms with Crippen LogP contribution in [-0.2, 0) is 0 Å². The maximum Gasteiger partial charge on any atom is 0.255 e. The second-order valence-corrected chi connectivity index (χ2v) is 5.69. The van der Waals surface area contributed by atoms with Crippen LogP contribution in [-0.4, -0.2) is 11.8 Å². The molecule has 0 aliphatic heterocycles. The Balaban J connectivity index is 2.26. The fourth-order valence-corrected chi connectivity index (χ4v) is 2.48. The molecule has 6 heteroatoms. The highest BCUT2D eigenvalue weighted by atomic mass is 79.9. The zero-order valence-electron chi connectivity index (χ0n) is 11.1. The molecule has 0 atom stereocenters. The van der Waals surface area contributed by atoms with E-state index < -0.39 is 5.91 Å². The highest BCUT2D eigenvalue weighted by Crippen LogP contribution is 2.23. The average Bonchev–Trinajstić information content (AvgIpc) is 2.41. The van der Waals surface area contributed by atoms with Gasteiger partial charge in [-0.25, -0.2) is 0 Å². The summed E-state index contributed by atoms with van der Waals surface area (Å²) in [4.78, 5) is 23.4. The Hall–Kier alpha value is -1.85. The van der Waals surface area contributed by atoms with Gasteiger partial charge in [-0.05, 0) is 42.8 Å². The van der Waals surface area contributed by atoms with Crippen LogP contribution in [0.3, 0.4) is 0 Å². The first-order valence-electron chi connectivity index (χ1n) is 6.06. The molecule has 0 aliphatic rings. The van der Waals surface area contributed by atoms with Crippen molar-refractivity contribution in [2.24, 2.45) is 5.73 Å². The first kappa shape index (κ1) is 15.5. The summed E-state index contributed by atoms with van der Waals surface area (Å²) in [7, 11) is 0. The van der Waals surface area contributed by atoms with Gasteiger partial charge < -0.3 is 11.1 Å². The normalized spacial score (nSPS) is 10.2. The third-order valence-corrected chi connectivity index (χ3v) is 4.18. The van der Waals surface area contributed by atoms with Crippen LogP contribution in [0.4, 0.5) is 5.69 Å². The van der Waals surface area contributed by atoms with Crippen molar-refractivity contribution in [3.05, 3.63) is 62.6 Å². The van der Waals surface area contributed by atoms with Gasteiger partial charge in [0.25, 0.3) is 5.91 Å². The van der Waals surface area contributed by atoms with E-state index in [0.29, 0.717) is 11.3 Å². The number of primary amides is 1. The average molecular weight is 368 g/mol. The molecule has 2 rings (SSSR count). The number of halogens is 2. The number of hydrogen-bond donors (Lipinski definition) is 2. The van der Waals surface area contributed by atoms with Crippen LogP contribution < -0.4 is 11.1 Å². The Kier molecular flexibility index (Phi) is 4.65. The Bertz CT molecular complexity index is 732. The number of rotatable bonds is 3. The molecule has 21 heavy (non-hydrogen) atoms. The molecule has 0 saturated heterocycles. The van der Waals surface area contributed by atoms with Crippen LogP contribution in [0, 0.1) is 6.92 Å². The second kappa shape index (κ2) is 6.28. The van der Waals surface area contributed by atoms with Crippen LogP contribution >= 0.6 is 27.5 Å². The third-order valence-electron chi connectivity index (χ3n) is 3.00. The summed E-state index contributed by atoms with van der Waals surface area (Å²) in [6.45, 7) is 1.85. The standard InChI is InChI=1S/C15H12BrClN2O2/c1-8-10(3-2-4-12(8)16)15(21)19-9-5-6-11(14(18)20)13(17)7-9/h2-7H,1H3,(H2,18,20)(H,19,21). The molecule has 0 bridgehead atoms. The number of hydrogen-bond acceptors (Lipinski definition) is 2. The SMILES string of the molecule is Cc1c(Br)cccc1C(=O)Nc1ccc(C(N)=O)c(Cl)c1. The van der Waals surface area contributed by atoms with E-state index in [2.05, 4.69) is 21.2 Å². The van der Waals surface area contributed by atoms with Crippen LogP contribution in [0.5, 0.6) is 0 Å². The molecule has 0 spiro atoms. The van der Waals surface area contributed by atoms with Gasteiger partial charge >= 0.3 is 0 Å². The van der Waals surface area contributed by atoms with E-state index in [1.165, 1.54) is 12.1 Å². The minimum absolute atomic E-state index is 0.200. The molecule has 0 aromatic heterocycles. The molecule has 4 nitrogen and oxygen atoms in total. The predicted octanol–water partition coefficient (Wildman–Crippen LogP) is 3.76. The number of benzene rings is 2. The highest BCUT2D eigenvalue weighted by molar-refractivity contribution is 9.10. The quantitative estimate of drug-likeness (QED) is 0.867. The van der Waals surface area contributed by atoms with Gasteiger partial charge in [0, 0.05) is 15.7 Å². The van der Waals surface area contributed by atoms with Crippen LogP contribution in [0.2, 0.25) is 5.02 Å². The summed E-state index contributed by atoms with van der Waals surface area (Å²) in [6.07, 6.45) is 0. The van der Waals surface area contributed by atoms with Gasteiger partial charge in [-0.1, -0.05) is 33.6 Å². The summed E-state index contributed by atoms with van der Waals surface area (Å²) in [5.41, 5.74) is 7.29. The monoisotopic (exact) mass is 366 g/mol. The van der Waals surface area contributed by atoms with Gasteiger partial charge in [0.15, 0.2) is 0 Å². The fraction of sp³-hybridized carbons (Fsp3) is 0.0667. The first-order chi connectivity index (χ1) is 9.90. The molecule has 108 valence electrons. The van der Waals surface area contributed by atoms with Gasteiger partial charge in [-0.3, -0.25) is 9.59 Å². The summed E-state index contributed by atoms with van der Waals surface area (Å²) in [5, 5.41) is 2.94. The summed E-state index contributed by atoms with van der Waals surface area (Å²) < 4.78 is 0.859. The number of carbonyl (C=O) groups excluding carboxylic acids is 2. The molecular weight excluding hydrogens is 356 g/mol. The Morgan fingerprint density at radius 3 is 2.52 bits per heavy atom. The van der Waals surface area contributed by atoms with Gasteiger partial charge in [0.05, 0.1) is 10.6 Å². The van der Waals surface area contributed by atoms with E-state index in [1.54, 1.807) is 18.2 Å². The molecule has 2 amide bonds. The maximum absolute atomic E-state index is 12.3. The van der Waals surface area contributed by atoms with E-state index in [0.717, 1.165) is 10.0 Å². The molecule has 3 N–H and O–H groups in total. The van der Waals surface area contributed by atoms with Crippen LogP contribution in [0.15, 0.2) is 40.9 Å². The largest absolute Gasteiger partial charge is 0.366 e. The van der Waals surface area contributed by atoms with Crippen molar-refractivity contribution in [1.82, 2.24) is 0 Å². The smallest absolute Gasteiger partial charge is 0.255 e. The fourth-order valence-electron chi connectivity index (χ4n) is 1.84. The lowest BCUT2D eigenvalue weighted by Crippen LogP contribution is -2.15. The van der Waals surface area contributed by atoms with E-state index in [9.17, 15) is 9.59 Å². The number of nitrogens with one attached hydrogen (secondary N) is 1. The minimum Gasteiger partial charge on any atom is -0.366 e. The van der Waals surface area contributed by atoms with Crippen molar-refractivity contribution in [2.75, 3.05) is 5.32 Å². The Labute approximate surface area is 135 Å². The van der Waals surface area contributed by atoms with E-state index in [4.69, 9.17) is 17.3 Å². The van der Waals surface area contributed by atoms with E-state index in [-0.39, 0.29) is 16.5 Å². The third kappa shape index (κ3) is 3.43. The molecule has 0 unspecified atom stereocenters. The Morgan fingerprint density at radius 2 is 1.90 bits per heavy atom. The molecule has 2 aromatic rings.